The van der Waals surface area contributed by atoms with E-state index in [-0.39, 0.29) is 12.5 Å². The standard InChI is InChI=1S/C33H36N2O2/c1-6-35(7-2)24-13-15-27-28(18-24)37-29-17-22(5)30(25-14-12-20(3)16-21(25)4)33(34)32(29)31(27)26-11-9-8-10-23(26)19-36/h8-18,31,36H,6-7,19,34H2,1-5H3. The fourth-order valence-electron chi connectivity index (χ4n) is 5.85. The Kier molecular flexibility index (Phi) is 6.70. The van der Waals surface area contributed by atoms with E-state index >= 15 is 0 Å². The molecule has 0 aliphatic carbocycles. The Bertz CT molecular complexity index is 1470. The molecule has 1 aliphatic heterocycles. The summed E-state index contributed by atoms with van der Waals surface area (Å²) < 4.78 is 6.62. The zero-order chi connectivity index (χ0) is 26.3. The minimum atomic E-state index is -0.155. The molecule has 3 N–H and O–H groups in total. The number of nitrogens with zero attached hydrogens (tertiary/aromatic N) is 1. The molecular weight excluding hydrogens is 456 g/mol. The van der Waals surface area contributed by atoms with Crippen LogP contribution in [0.2, 0.25) is 0 Å². The Morgan fingerprint density at radius 3 is 2.30 bits per heavy atom. The third-order valence-corrected chi connectivity index (χ3v) is 7.70. The summed E-state index contributed by atoms with van der Waals surface area (Å²) in [6, 6.07) is 23.2. The molecule has 1 aliphatic rings. The van der Waals surface area contributed by atoms with Crippen molar-refractivity contribution in [2.75, 3.05) is 23.7 Å². The molecule has 0 radical (unpaired) electrons. The Balaban J connectivity index is 1.79. The van der Waals surface area contributed by atoms with Gasteiger partial charge in [-0.05, 0) is 74.6 Å². The van der Waals surface area contributed by atoms with E-state index in [1.165, 1.54) is 11.1 Å². The molecule has 1 atom stereocenters. The van der Waals surface area contributed by atoms with Gasteiger partial charge in [0.1, 0.15) is 11.5 Å². The Hall–Kier alpha value is -3.76. The lowest BCUT2D eigenvalue weighted by atomic mass is 9.77. The highest BCUT2D eigenvalue weighted by Gasteiger charge is 2.34. The van der Waals surface area contributed by atoms with E-state index in [1.54, 1.807) is 0 Å². The zero-order valence-electron chi connectivity index (χ0n) is 22.4. The highest BCUT2D eigenvalue weighted by molar-refractivity contribution is 5.87. The van der Waals surface area contributed by atoms with Gasteiger partial charge in [-0.3, -0.25) is 0 Å². The lowest BCUT2D eigenvalue weighted by molar-refractivity contribution is 0.280. The molecule has 4 aromatic carbocycles. The van der Waals surface area contributed by atoms with Crippen molar-refractivity contribution in [3.05, 3.63) is 106 Å². The van der Waals surface area contributed by atoms with E-state index in [1.807, 2.05) is 18.2 Å². The number of hydrogen-bond donors (Lipinski definition) is 2. The monoisotopic (exact) mass is 492 g/mol. The van der Waals surface area contributed by atoms with Crippen LogP contribution in [0, 0.1) is 20.8 Å². The van der Waals surface area contributed by atoms with E-state index < -0.39 is 0 Å². The average molecular weight is 493 g/mol. The maximum atomic E-state index is 10.3. The van der Waals surface area contributed by atoms with Gasteiger partial charge in [-0.2, -0.15) is 0 Å². The lowest BCUT2D eigenvalue weighted by Crippen LogP contribution is -2.22. The molecule has 4 nitrogen and oxygen atoms in total. The number of ether oxygens (including phenoxy) is 1. The SMILES string of the molecule is CCN(CC)c1ccc2c(c1)Oc1cc(C)c(-c3ccc(C)cc3C)c(N)c1C2c1ccccc1CO. The van der Waals surface area contributed by atoms with Gasteiger partial charge in [0.05, 0.1) is 6.61 Å². The van der Waals surface area contributed by atoms with Crippen LogP contribution in [-0.4, -0.2) is 18.2 Å². The topological polar surface area (TPSA) is 58.7 Å². The van der Waals surface area contributed by atoms with Gasteiger partial charge in [0.15, 0.2) is 0 Å². The first-order valence-electron chi connectivity index (χ1n) is 13.1. The second kappa shape index (κ2) is 9.95. The summed E-state index contributed by atoms with van der Waals surface area (Å²) in [6.45, 7) is 12.5. The van der Waals surface area contributed by atoms with Crippen LogP contribution in [0.25, 0.3) is 11.1 Å². The second-order valence-corrected chi connectivity index (χ2v) is 10.00. The summed E-state index contributed by atoms with van der Waals surface area (Å²) in [5, 5.41) is 10.3. The zero-order valence-corrected chi connectivity index (χ0v) is 22.4. The number of rotatable bonds is 6. The van der Waals surface area contributed by atoms with Crippen molar-refractivity contribution in [2.24, 2.45) is 0 Å². The molecule has 0 fully saturated rings. The van der Waals surface area contributed by atoms with Crippen molar-refractivity contribution in [2.45, 2.75) is 47.1 Å². The first-order chi connectivity index (χ1) is 17.9. The summed E-state index contributed by atoms with van der Waals surface area (Å²) in [5.74, 6) is 1.47. The first kappa shape index (κ1) is 24.9. The van der Waals surface area contributed by atoms with Crippen LogP contribution in [0.1, 0.15) is 58.7 Å². The molecule has 190 valence electrons. The van der Waals surface area contributed by atoms with Crippen LogP contribution in [0.3, 0.4) is 0 Å². The third kappa shape index (κ3) is 4.25. The summed E-state index contributed by atoms with van der Waals surface area (Å²) in [5.41, 5.74) is 18.6. The smallest absolute Gasteiger partial charge is 0.133 e. The number of hydrogen-bond acceptors (Lipinski definition) is 4. The first-order valence-corrected chi connectivity index (χ1v) is 13.1. The Morgan fingerprint density at radius 1 is 0.838 bits per heavy atom. The second-order valence-electron chi connectivity index (χ2n) is 10.00. The van der Waals surface area contributed by atoms with E-state index in [2.05, 4.69) is 88.0 Å². The molecule has 4 heteroatoms. The number of aliphatic hydroxyl groups is 1. The largest absolute Gasteiger partial charge is 0.457 e. The average Bonchev–Trinajstić information content (AvgIpc) is 2.89. The van der Waals surface area contributed by atoms with Gasteiger partial charge in [-0.25, -0.2) is 0 Å². The maximum absolute atomic E-state index is 10.3. The molecule has 1 unspecified atom stereocenters. The van der Waals surface area contributed by atoms with Gasteiger partial charge in [-0.15, -0.1) is 0 Å². The highest BCUT2D eigenvalue weighted by Crippen LogP contribution is 2.53. The molecule has 0 aromatic heterocycles. The fraction of sp³-hybridized carbons (Fsp3) is 0.273. The third-order valence-electron chi connectivity index (χ3n) is 7.70. The minimum Gasteiger partial charge on any atom is -0.457 e. The van der Waals surface area contributed by atoms with Crippen molar-refractivity contribution >= 4 is 11.4 Å². The molecular formula is C33H36N2O2. The van der Waals surface area contributed by atoms with E-state index in [9.17, 15) is 5.11 Å². The van der Waals surface area contributed by atoms with Gasteiger partial charge in [0.25, 0.3) is 0 Å². The molecule has 5 rings (SSSR count). The summed E-state index contributed by atoms with van der Waals surface area (Å²) >= 11 is 0. The molecule has 0 amide bonds. The normalized spacial score (nSPS) is 14.1. The van der Waals surface area contributed by atoms with E-state index in [4.69, 9.17) is 10.5 Å². The van der Waals surface area contributed by atoms with Crippen LogP contribution >= 0.6 is 0 Å². The highest BCUT2D eigenvalue weighted by atomic mass is 16.5. The van der Waals surface area contributed by atoms with E-state index in [0.717, 1.165) is 74.9 Å². The lowest BCUT2D eigenvalue weighted by Gasteiger charge is -2.33. The van der Waals surface area contributed by atoms with Crippen molar-refractivity contribution < 1.29 is 9.84 Å². The van der Waals surface area contributed by atoms with Gasteiger partial charge in [0.2, 0.25) is 0 Å². The number of nitrogens with two attached hydrogens (primary N) is 1. The molecule has 0 saturated heterocycles. The van der Waals surface area contributed by atoms with Gasteiger partial charge >= 0.3 is 0 Å². The molecule has 0 saturated carbocycles. The van der Waals surface area contributed by atoms with Gasteiger partial charge in [-0.1, -0.05) is 54.1 Å². The van der Waals surface area contributed by atoms with Crippen molar-refractivity contribution in [3.63, 3.8) is 0 Å². The summed E-state index contributed by atoms with van der Waals surface area (Å²) in [6.07, 6.45) is 0. The van der Waals surface area contributed by atoms with Gasteiger partial charge < -0.3 is 20.5 Å². The van der Waals surface area contributed by atoms with Crippen molar-refractivity contribution in [3.8, 4) is 22.6 Å². The fourth-order valence-corrected chi connectivity index (χ4v) is 5.85. The molecule has 1 heterocycles. The number of fused-ring (bicyclic) bond motifs is 2. The quantitative estimate of drug-likeness (QED) is 0.241. The molecule has 0 spiro atoms. The Labute approximate surface area is 220 Å². The maximum Gasteiger partial charge on any atom is 0.133 e. The number of benzene rings is 4. The number of aryl methyl sites for hydroxylation is 3. The van der Waals surface area contributed by atoms with Crippen LogP contribution < -0.4 is 15.4 Å². The van der Waals surface area contributed by atoms with Crippen LogP contribution in [0.15, 0.2) is 66.7 Å². The predicted octanol–water partition coefficient (Wildman–Crippen LogP) is 7.49. The summed E-state index contributed by atoms with van der Waals surface area (Å²) in [7, 11) is 0. The van der Waals surface area contributed by atoms with Crippen LogP contribution in [0.5, 0.6) is 11.5 Å². The van der Waals surface area contributed by atoms with Gasteiger partial charge in [0, 0.05) is 53.1 Å². The van der Waals surface area contributed by atoms with Crippen molar-refractivity contribution in [1.82, 2.24) is 0 Å². The minimum absolute atomic E-state index is 0.0363. The number of aliphatic hydroxyl groups excluding tert-OH is 1. The Morgan fingerprint density at radius 2 is 1.59 bits per heavy atom. The van der Waals surface area contributed by atoms with Crippen molar-refractivity contribution in [1.29, 1.82) is 0 Å². The van der Waals surface area contributed by atoms with E-state index in [0.29, 0.717) is 0 Å². The molecule has 37 heavy (non-hydrogen) atoms. The number of nitrogen functional groups attached to an aromatic ring is 1. The summed E-state index contributed by atoms with van der Waals surface area (Å²) in [4.78, 5) is 2.32. The van der Waals surface area contributed by atoms with Crippen LogP contribution in [-0.2, 0) is 6.61 Å². The van der Waals surface area contributed by atoms with Crippen LogP contribution in [0.4, 0.5) is 11.4 Å². The molecule has 4 aromatic rings. The number of anilines is 2. The predicted molar refractivity (Wildman–Crippen MR) is 154 cm³/mol. The molecule has 0 bridgehead atoms.